The summed E-state index contributed by atoms with van der Waals surface area (Å²) in [6.07, 6.45) is 1.54. The van der Waals surface area contributed by atoms with E-state index in [1.807, 2.05) is 0 Å². The molecule has 1 saturated heterocycles. The van der Waals surface area contributed by atoms with Gasteiger partial charge in [0.05, 0.1) is 30.7 Å². The van der Waals surface area contributed by atoms with Crippen LogP contribution >= 0.6 is 27.7 Å². The number of amides is 2. The Labute approximate surface area is 157 Å². The second kappa shape index (κ2) is 7.92. The molecule has 9 heteroatoms. The van der Waals surface area contributed by atoms with Crippen molar-refractivity contribution in [3.63, 3.8) is 0 Å². The van der Waals surface area contributed by atoms with Gasteiger partial charge in [-0.2, -0.15) is 0 Å². The Balaban J connectivity index is 2.40. The Hall–Kier alpha value is -2.00. The van der Waals surface area contributed by atoms with Crippen LogP contribution in [-0.4, -0.2) is 49.4 Å². The zero-order chi connectivity index (χ0) is 18.7. The molecule has 0 radical (unpaired) electrons. The lowest BCUT2D eigenvalue weighted by molar-refractivity contribution is -0.148. The van der Waals surface area contributed by atoms with E-state index >= 15 is 0 Å². The molecule has 1 aliphatic rings. The molecule has 0 spiro atoms. The molecular formula is C16H16BrNO6S. The van der Waals surface area contributed by atoms with E-state index < -0.39 is 23.2 Å². The molecule has 1 aromatic rings. The van der Waals surface area contributed by atoms with E-state index in [0.29, 0.717) is 21.5 Å². The maximum Gasteiger partial charge on any atom is 0.328 e. The molecule has 1 fully saturated rings. The lowest BCUT2D eigenvalue weighted by Gasteiger charge is -2.18. The van der Waals surface area contributed by atoms with Crippen LogP contribution in [0.4, 0.5) is 4.79 Å². The average molecular weight is 430 g/mol. The first-order valence-corrected chi connectivity index (χ1v) is 8.71. The SMILES string of the molecule is COC(=O)[C@H](C)N1C(=O)S/C(=C/c2cc(Br)c(OC)cc2OC)C1=O. The molecule has 0 aliphatic carbocycles. The van der Waals surface area contributed by atoms with Gasteiger partial charge in [-0.15, -0.1) is 0 Å². The normalized spacial score (nSPS) is 17.0. The number of ether oxygens (including phenoxy) is 3. The van der Waals surface area contributed by atoms with E-state index in [2.05, 4.69) is 20.7 Å². The van der Waals surface area contributed by atoms with Crippen LogP contribution in [0.5, 0.6) is 11.5 Å². The number of esters is 1. The number of hydrogen-bond donors (Lipinski definition) is 0. The van der Waals surface area contributed by atoms with Crippen molar-refractivity contribution in [3.05, 3.63) is 27.1 Å². The fourth-order valence-corrected chi connectivity index (χ4v) is 3.65. The van der Waals surface area contributed by atoms with Gasteiger partial charge in [-0.3, -0.25) is 14.5 Å². The van der Waals surface area contributed by atoms with Gasteiger partial charge in [0.1, 0.15) is 17.5 Å². The van der Waals surface area contributed by atoms with Gasteiger partial charge >= 0.3 is 5.97 Å². The maximum absolute atomic E-state index is 12.5. The van der Waals surface area contributed by atoms with E-state index in [4.69, 9.17) is 9.47 Å². The molecular weight excluding hydrogens is 414 g/mol. The first-order valence-electron chi connectivity index (χ1n) is 7.10. The molecule has 1 aromatic carbocycles. The van der Waals surface area contributed by atoms with Crippen LogP contribution < -0.4 is 9.47 Å². The summed E-state index contributed by atoms with van der Waals surface area (Å²) in [4.78, 5) is 37.4. The molecule has 0 bridgehead atoms. The molecule has 1 heterocycles. The number of nitrogens with zero attached hydrogens (tertiary/aromatic N) is 1. The van der Waals surface area contributed by atoms with Crippen LogP contribution in [0.15, 0.2) is 21.5 Å². The Bertz CT molecular complexity index is 763. The largest absolute Gasteiger partial charge is 0.496 e. The second-order valence-electron chi connectivity index (χ2n) is 4.98. The van der Waals surface area contributed by atoms with Gasteiger partial charge in [0.15, 0.2) is 0 Å². The Morgan fingerprint density at radius 2 is 1.84 bits per heavy atom. The molecule has 25 heavy (non-hydrogen) atoms. The number of benzene rings is 1. The van der Waals surface area contributed by atoms with Gasteiger partial charge in [0, 0.05) is 11.6 Å². The highest BCUT2D eigenvalue weighted by Crippen LogP contribution is 2.38. The summed E-state index contributed by atoms with van der Waals surface area (Å²) in [5.41, 5.74) is 0.589. The zero-order valence-electron chi connectivity index (χ0n) is 14.0. The fourth-order valence-electron chi connectivity index (χ4n) is 2.23. The zero-order valence-corrected chi connectivity index (χ0v) is 16.4. The predicted molar refractivity (Wildman–Crippen MR) is 96.5 cm³/mol. The van der Waals surface area contributed by atoms with Crippen LogP contribution in [0, 0.1) is 0 Å². The summed E-state index contributed by atoms with van der Waals surface area (Å²) in [5, 5.41) is -0.527. The summed E-state index contributed by atoms with van der Waals surface area (Å²) < 4.78 is 15.8. The Morgan fingerprint density at radius 3 is 2.40 bits per heavy atom. The van der Waals surface area contributed by atoms with Crippen molar-refractivity contribution >= 4 is 50.9 Å². The number of rotatable bonds is 5. The van der Waals surface area contributed by atoms with Crippen LogP contribution in [-0.2, 0) is 14.3 Å². The first-order chi connectivity index (χ1) is 11.8. The number of imide groups is 1. The molecule has 2 rings (SSSR count). The van der Waals surface area contributed by atoms with E-state index in [1.54, 1.807) is 12.1 Å². The third-order valence-electron chi connectivity index (χ3n) is 3.54. The summed E-state index contributed by atoms with van der Waals surface area (Å²) in [6.45, 7) is 1.44. The highest BCUT2D eigenvalue weighted by molar-refractivity contribution is 9.10. The molecule has 1 atom stereocenters. The smallest absolute Gasteiger partial charge is 0.328 e. The topological polar surface area (TPSA) is 82.1 Å². The lowest BCUT2D eigenvalue weighted by atomic mass is 10.1. The van der Waals surface area contributed by atoms with Gasteiger partial charge in [-0.05, 0) is 46.8 Å². The van der Waals surface area contributed by atoms with Gasteiger partial charge in [0.2, 0.25) is 0 Å². The Morgan fingerprint density at radius 1 is 1.20 bits per heavy atom. The molecule has 0 saturated carbocycles. The van der Waals surface area contributed by atoms with Gasteiger partial charge in [-0.25, -0.2) is 4.79 Å². The third kappa shape index (κ3) is 3.82. The summed E-state index contributed by atoms with van der Waals surface area (Å²) in [7, 11) is 4.22. The quantitative estimate of drug-likeness (QED) is 0.525. The minimum Gasteiger partial charge on any atom is -0.496 e. The highest BCUT2D eigenvalue weighted by Gasteiger charge is 2.41. The summed E-state index contributed by atoms with van der Waals surface area (Å²) in [6, 6.07) is 2.39. The number of carbonyl (C=O) groups is 3. The summed E-state index contributed by atoms with van der Waals surface area (Å²) >= 11 is 4.13. The molecule has 0 N–H and O–H groups in total. The van der Waals surface area contributed by atoms with Crippen molar-refractivity contribution in [2.75, 3.05) is 21.3 Å². The van der Waals surface area contributed by atoms with E-state index in [-0.39, 0.29) is 4.91 Å². The highest BCUT2D eigenvalue weighted by atomic mass is 79.9. The monoisotopic (exact) mass is 429 g/mol. The van der Waals surface area contributed by atoms with Gasteiger partial charge in [0.25, 0.3) is 11.1 Å². The van der Waals surface area contributed by atoms with Crippen molar-refractivity contribution < 1.29 is 28.6 Å². The number of hydrogen-bond acceptors (Lipinski definition) is 7. The van der Waals surface area contributed by atoms with E-state index in [1.165, 1.54) is 34.3 Å². The van der Waals surface area contributed by atoms with Crippen molar-refractivity contribution in [2.24, 2.45) is 0 Å². The molecule has 2 amide bonds. The predicted octanol–water partition coefficient (Wildman–Crippen LogP) is 3.06. The van der Waals surface area contributed by atoms with Crippen LogP contribution in [0.2, 0.25) is 0 Å². The third-order valence-corrected chi connectivity index (χ3v) is 5.05. The van der Waals surface area contributed by atoms with E-state index in [0.717, 1.165) is 16.7 Å². The van der Waals surface area contributed by atoms with Crippen molar-refractivity contribution in [2.45, 2.75) is 13.0 Å². The van der Waals surface area contributed by atoms with Crippen LogP contribution in [0.3, 0.4) is 0 Å². The number of carbonyl (C=O) groups excluding carboxylic acids is 3. The number of thioether (sulfide) groups is 1. The second-order valence-corrected chi connectivity index (χ2v) is 6.83. The molecule has 1 aliphatic heterocycles. The van der Waals surface area contributed by atoms with Crippen LogP contribution in [0.1, 0.15) is 12.5 Å². The minimum absolute atomic E-state index is 0.191. The summed E-state index contributed by atoms with van der Waals surface area (Å²) in [5.74, 6) is -0.163. The van der Waals surface area contributed by atoms with Gasteiger partial charge in [-0.1, -0.05) is 0 Å². The first kappa shape index (κ1) is 19.3. The van der Waals surface area contributed by atoms with Crippen molar-refractivity contribution in [1.29, 1.82) is 0 Å². The molecule has 0 unspecified atom stereocenters. The van der Waals surface area contributed by atoms with Crippen molar-refractivity contribution in [3.8, 4) is 11.5 Å². The average Bonchev–Trinajstić information content (AvgIpc) is 2.87. The standard InChI is InChI=1S/C16H16BrNO6S/c1-8(15(20)24-4)18-14(19)13(25-16(18)21)6-9-5-10(17)12(23-3)7-11(9)22-2/h5-8H,1-4H3/b13-6+/t8-/m0/s1. The molecule has 134 valence electrons. The number of methoxy groups -OCH3 is 3. The fraction of sp³-hybridized carbons (Fsp3) is 0.312. The molecule has 7 nitrogen and oxygen atoms in total. The van der Waals surface area contributed by atoms with E-state index in [9.17, 15) is 14.4 Å². The van der Waals surface area contributed by atoms with Gasteiger partial charge < -0.3 is 14.2 Å². The Kier molecular flexibility index (Phi) is 6.12. The maximum atomic E-state index is 12.5. The molecule has 0 aromatic heterocycles. The number of halogens is 1. The van der Waals surface area contributed by atoms with Crippen LogP contribution in [0.25, 0.3) is 6.08 Å². The van der Waals surface area contributed by atoms with Crippen molar-refractivity contribution in [1.82, 2.24) is 4.90 Å². The lowest BCUT2D eigenvalue weighted by Crippen LogP contribution is -2.42. The minimum atomic E-state index is -0.993.